The lowest BCUT2D eigenvalue weighted by atomic mass is 9.92. The maximum absolute atomic E-state index is 13.3. The molecule has 9 nitrogen and oxygen atoms in total. The van der Waals surface area contributed by atoms with Gasteiger partial charge < -0.3 is 14.9 Å². The Morgan fingerprint density at radius 3 is 2.55 bits per heavy atom. The van der Waals surface area contributed by atoms with Gasteiger partial charge in [0.2, 0.25) is 11.8 Å². The average Bonchev–Trinajstić information content (AvgIpc) is 3.13. The zero-order valence-electron chi connectivity index (χ0n) is 17.6. The predicted octanol–water partition coefficient (Wildman–Crippen LogP) is 1.27. The number of aliphatic carboxylic acids is 1. The van der Waals surface area contributed by atoms with E-state index in [0.29, 0.717) is 23.1 Å². The van der Waals surface area contributed by atoms with Crippen molar-refractivity contribution in [3.8, 4) is 0 Å². The number of hydrogen-bond donors (Lipinski definition) is 2. The van der Waals surface area contributed by atoms with Gasteiger partial charge >= 0.3 is 5.97 Å². The second-order valence-electron chi connectivity index (χ2n) is 8.46. The molecule has 3 aliphatic rings. The van der Waals surface area contributed by atoms with Crippen LogP contribution < -0.4 is 5.32 Å². The van der Waals surface area contributed by atoms with E-state index in [4.69, 9.17) is 0 Å². The van der Waals surface area contributed by atoms with Crippen LogP contribution in [0.1, 0.15) is 56.3 Å². The van der Waals surface area contributed by atoms with Crippen LogP contribution in [-0.4, -0.2) is 57.1 Å². The van der Waals surface area contributed by atoms with Crippen LogP contribution in [0.5, 0.6) is 0 Å². The van der Waals surface area contributed by atoms with Crippen LogP contribution in [-0.2, 0) is 27.3 Å². The monoisotopic (exact) mass is 447 g/mol. The number of carboxylic acids is 1. The van der Waals surface area contributed by atoms with Crippen molar-refractivity contribution >= 4 is 29.6 Å². The first-order chi connectivity index (χ1) is 15.8. The molecule has 2 N–H and O–H groups in total. The van der Waals surface area contributed by atoms with Crippen LogP contribution in [0.2, 0.25) is 0 Å². The lowest BCUT2D eigenvalue weighted by Gasteiger charge is -2.34. The van der Waals surface area contributed by atoms with Gasteiger partial charge in [-0.25, -0.2) is 4.79 Å². The molecule has 2 atom stereocenters. The highest BCUT2D eigenvalue weighted by atomic mass is 16.4. The first kappa shape index (κ1) is 20.9. The maximum atomic E-state index is 13.3. The van der Waals surface area contributed by atoms with Gasteiger partial charge in [0.05, 0.1) is 0 Å². The second kappa shape index (κ2) is 7.84. The van der Waals surface area contributed by atoms with Crippen molar-refractivity contribution in [3.05, 3.63) is 70.3 Å². The third kappa shape index (κ3) is 3.45. The minimum absolute atomic E-state index is 0.160. The third-order valence-corrected chi connectivity index (χ3v) is 6.55. The van der Waals surface area contributed by atoms with E-state index >= 15 is 0 Å². The summed E-state index contributed by atoms with van der Waals surface area (Å²) in [5, 5.41) is 12.1. The van der Waals surface area contributed by atoms with Crippen molar-refractivity contribution in [1.82, 2.24) is 15.1 Å². The Morgan fingerprint density at radius 2 is 1.79 bits per heavy atom. The predicted molar refractivity (Wildman–Crippen MR) is 114 cm³/mol. The normalized spacial score (nSPS) is 22.0. The zero-order chi connectivity index (χ0) is 23.3. The largest absolute Gasteiger partial charge is 0.479 e. The molecule has 5 rings (SSSR count). The summed E-state index contributed by atoms with van der Waals surface area (Å²) in [6.45, 7) is 0.462. The van der Waals surface area contributed by atoms with Gasteiger partial charge in [-0.15, -0.1) is 0 Å². The van der Waals surface area contributed by atoms with Crippen LogP contribution in [0.4, 0.5) is 0 Å². The molecule has 2 aromatic rings. The molecule has 0 radical (unpaired) electrons. The Labute approximate surface area is 189 Å². The van der Waals surface area contributed by atoms with Crippen LogP contribution in [0.25, 0.3) is 0 Å². The molecule has 3 heterocycles. The van der Waals surface area contributed by atoms with Crippen molar-refractivity contribution in [2.45, 2.75) is 37.9 Å². The zero-order valence-corrected chi connectivity index (χ0v) is 17.6. The summed E-state index contributed by atoms with van der Waals surface area (Å²) in [6, 6.07) is 10.1. The number of carboxylic acid groups (broad SMARTS) is 1. The molecule has 2 aromatic carbocycles. The molecule has 33 heavy (non-hydrogen) atoms. The summed E-state index contributed by atoms with van der Waals surface area (Å²) < 4.78 is 0. The summed E-state index contributed by atoms with van der Waals surface area (Å²) in [4.78, 5) is 64.9. The van der Waals surface area contributed by atoms with E-state index in [9.17, 15) is 29.1 Å². The number of piperidine rings is 1. The van der Waals surface area contributed by atoms with E-state index in [1.165, 1.54) is 15.9 Å². The van der Waals surface area contributed by atoms with Crippen molar-refractivity contribution in [2.75, 3.05) is 6.54 Å². The SMILES string of the molecule is O=C1CCC(N2Cc3ccc(C(=O)N4CCc5ccccc5C4C(=O)O)cc3C2=O)C(=O)N1. The molecular weight excluding hydrogens is 426 g/mol. The van der Waals surface area contributed by atoms with E-state index in [2.05, 4.69) is 5.32 Å². The molecule has 0 bridgehead atoms. The molecule has 1 fully saturated rings. The van der Waals surface area contributed by atoms with E-state index < -0.39 is 29.9 Å². The number of nitrogens with one attached hydrogen (secondary N) is 1. The highest BCUT2D eigenvalue weighted by molar-refractivity contribution is 6.07. The molecule has 4 amide bonds. The van der Waals surface area contributed by atoms with Crippen LogP contribution in [0, 0.1) is 0 Å². The fourth-order valence-corrected chi connectivity index (χ4v) is 4.91. The van der Waals surface area contributed by atoms with Crippen molar-refractivity contribution in [1.29, 1.82) is 0 Å². The number of hydrogen-bond acceptors (Lipinski definition) is 5. The van der Waals surface area contributed by atoms with Crippen molar-refractivity contribution in [2.24, 2.45) is 0 Å². The number of nitrogens with zero attached hydrogens (tertiary/aromatic N) is 2. The topological polar surface area (TPSA) is 124 Å². The van der Waals surface area contributed by atoms with Gasteiger partial charge in [-0.3, -0.25) is 24.5 Å². The molecule has 1 saturated heterocycles. The van der Waals surface area contributed by atoms with Gasteiger partial charge in [0.15, 0.2) is 6.04 Å². The first-order valence-corrected chi connectivity index (χ1v) is 10.7. The Bertz CT molecular complexity index is 1220. The molecule has 168 valence electrons. The number of carbonyl (C=O) groups is 5. The van der Waals surface area contributed by atoms with Crippen LogP contribution in [0.3, 0.4) is 0 Å². The lowest BCUT2D eigenvalue weighted by molar-refractivity contribution is -0.143. The van der Waals surface area contributed by atoms with Gasteiger partial charge in [0.1, 0.15) is 6.04 Å². The summed E-state index contributed by atoms with van der Waals surface area (Å²) in [5.41, 5.74) is 2.71. The van der Waals surface area contributed by atoms with Crippen LogP contribution in [0.15, 0.2) is 42.5 Å². The Kier molecular flexibility index (Phi) is 4.96. The van der Waals surface area contributed by atoms with Gasteiger partial charge in [-0.05, 0) is 41.7 Å². The average molecular weight is 447 g/mol. The second-order valence-corrected chi connectivity index (χ2v) is 8.46. The smallest absolute Gasteiger partial charge is 0.331 e. The van der Waals surface area contributed by atoms with E-state index in [0.717, 1.165) is 5.56 Å². The van der Waals surface area contributed by atoms with Gasteiger partial charge in [0, 0.05) is 30.6 Å². The highest BCUT2D eigenvalue weighted by Crippen LogP contribution is 2.33. The molecular formula is C24H21N3O6. The highest BCUT2D eigenvalue weighted by Gasteiger charge is 2.40. The Morgan fingerprint density at radius 1 is 1.00 bits per heavy atom. The van der Waals surface area contributed by atoms with E-state index in [-0.39, 0.29) is 43.3 Å². The summed E-state index contributed by atoms with van der Waals surface area (Å²) >= 11 is 0. The fraction of sp³-hybridized carbons (Fsp3) is 0.292. The van der Waals surface area contributed by atoms with Gasteiger partial charge in [0.25, 0.3) is 11.8 Å². The van der Waals surface area contributed by atoms with E-state index in [1.54, 1.807) is 24.3 Å². The fourth-order valence-electron chi connectivity index (χ4n) is 4.91. The van der Waals surface area contributed by atoms with Gasteiger partial charge in [-0.1, -0.05) is 30.3 Å². The molecule has 0 aliphatic carbocycles. The minimum atomic E-state index is -1.11. The van der Waals surface area contributed by atoms with Gasteiger partial charge in [-0.2, -0.15) is 0 Å². The minimum Gasteiger partial charge on any atom is -0.479 e. The summed E-state index contributed by atoms with van der Waals surface area (Å²) in [5.74, 6) is -2.82. The number of fused-ring (bicyclic) bond motifs is 2. The number of rotatable bonds is 3. The van der Waals surface area contributed by atoms with Crippen molar-refractivity contribution < 1.29 is 29.1 Å². The Balaban J connectivity index is 1.42. The first-order valence-electron chi connectivity index (χ1n) is 10.7. The van der Waals surface area contributed by atoms with E-state index in [1.807, 2.05) is 12.1 Å². The quantitative estimate of drug-likeness (QED) is 0.683. The standard InChI is InChI=1S/C24H21N3O6/c28-19-8-7-18(21(29)25-19)27-12-15-6-5-14(11-17(15)23(27)31)22(30)26-10-9-13-3-1-2-4-16(13)20(26)24(32)33/h1-6,11,18,20H,7-10,12H2,(H,32,33)(H,25,28,29). The molecule has 0 aromatic heterocycles. The third-order valence-electron chi connectivity index (χ3n) is 6.55. The van der Waals surface area contributed by atoms with Crippen molar-refractivity contribution in [3.63, 3.8) is 0 Å². The molecule has 9 heteroatoms. The number of amides is 4. The summed E-state index contributed by atoms with van der Waals surface area (Å²) in [6.07, 6.45) is 0.954. The molecule has 0 saturated carbocycles. The molecule has 3 aliphatic heterocycles. The lowest BCUT2D eigenvalue weighted by Crippen LogP contribution is -2.52. The maximum Gasteiger partial charge on any atom is 0.331 e. The van der Waals surface area contributed by atoms with Crippen LogP contribution >= 0.6 is 0 Å². The summed E-state index contributed by atoms with van der Waals surface area (Å²) in [7, 11) is 0. The molecule has 0 spiro atoms. The molecule has 2 unspecified atom stereocenters. The number of benzene rings is 2. The number of imide groups is 1. The Hall–Kier alpha value is -4.01. The number of carbonyl (C=O) groups excluding carboxylic acids is 4.